The van der Waals surface area contributed by atoms with Crippen molar-refractivity contribution < 1.29 is 0 Å². The minimum absolute atomic E-state index is 0.421. The Morgan fingerprint density at radius 2 is 1.95 bits per heavy atom. The van der Waals surface area contributed by atoms with Crippen LogP contribution in [0.1, 0.15) is 19.5 Å². The van der Waals surface area contributed by atoms with Gasteiger partial charge in [-0.15, -0.1) is 0 Å². The summed E-state index contributed by atoms with van der Waals surface area (Å²) < 4.78 is 2.55. The second-order valence-corrected chi connectivity index (χ2v) is 6.24. The molecule has 0 saturated heterocycles. The van der Waals surface area contributed by atoms with Gasteiger partial charge in [-0.3, -0.25) is 0 Å². The van der Waals surface area contributed by atoms with Crippen LogP contribution in [0.25, 0.3) is 5.69 Å². The van der Waals surface area contributed by atoms with E-state index in [1.165, 1.54) is 0 Å². The van der Waals surface area contributed by atoms with Gasteiger partial charge in [0.1, 0.15) is 5.69 Å². The summed E-state index contributed by atoms with van der Waals surface area (Å²) in [5.41, 5.74) is 1.64. The minimum atomic E-state index is 0.421. The molecule has 1 aromatic heterocycles. The molecule has 0 aliphatic heterocycles. The van der Waals surface area contributed by atoms with Gasteiger partial charge in [-0.2, -0.15) is 5.10 Å². The molecule has 1 aromatic carbocycles. The Hall–Kier alpha value is -0.550. The molecule has 1 heterocycles. The zero-order chi connectivity index (χ0) is 14.0. The fourth-order valence-corrected chi connectivity index (χ4v) is 3.02. The van der Waals surface area contributed by atoms with Gasteiger partial charge in [-0.05, 0) is 18.2 Å². The van der Waals surface area contributed by atoms with Gasteiger partial charge in [0.15, 0.2) is 0 Å². The Balaban J connectivity index is 2.28. The highest BCUT2D eigenvalue weighted by atomic mass is 79.9. The van der Waals surface area contributed by atoms with Crippen LogP contribution in [0, 0.1) is 0 Å². The summed E-state index contributed by atoms with van der Waals surface area (Å²) in [5, 5.41) is 8.91. The van der Waals surface area contributed by atoms with Crippen LogP contribution in [-0.2, 0) is 6.54 Å². The number of hydrogen-bond donors (Lipinski definition) is 1. The molecule has 0 bridgehead atoms. The van der Waals surface area contributed by atoms with Crippen molar-refractivity contribution in [3.8, 4) is 5.69 Å². The van der Waals surface area contributed by atoms with Gasteiger partial charge in [0.05, 0.1) is 15.7 Å². The molecule has 1 N–H and O–H groups in total. The van der Waals surface area contributed by atoms with Crippen molar-refractivity contribution in [1.82, 2.24) is 15.1 Å². The summed E-state index contributed by atoms with van der Waals surface area (Å²) in [6.45, 7) is 4.91. The first-order valence-corrected chi connectivity index (χ1v) is 7.45. The van der Waals surface area contributed by atoms with Gasteiger partial charge in [-0.25, -0.2) is 4.68 Å². The topological polar surface area (TPSA) is 29.9 Å². The Bertz CT molecular complexity index is 558. The van der Waals surface area contributed by atoms with E-state index >= 15 is 0 Å². The summed E-state index contributed by atoms with van der Waals surface area (Å²) in [7, 11) is 0. The number of rotatable bonds is 4. The molecule has 0 saturated carbocycles. The molecule has 0 aliphatic rings. The van der Waals surface area contributed by atoms with Crippen LogP contribution >= 0.6 is 39.1 Å². The highest BCUT2D eigenvalue weighted by molar-refractivity contribution is 9.10. The average Bonchev–Trinajstić information content (AvgIpc) is 2.73. The van der Waals surface area contributed by atoms with E-state index in [9.17, 15) is 0 Å². The first kappa shape index (κ1) is 14.9. The Kier molecular flexibility index (Phi) is 4.90. The summed E-state index contributed by atoms with van der Waals surface area (Å²) in [5.74, 6) is 0. The minimum Gasteiger partial charge on any atom is -0.309 e. The van der Waals surface area contributed by atoms with E-state index < -0.39 is 0 Å². The van der Waals surface area contributed by atoms with Crippen LogP contribution in [0.3, 0.4) is 0 Å². The number of halogens is 3. The number of benzene rings is 1. The van der Waals surface area contributed by atoms with E-state index in [1.54, 1.807) is 16.8 Å². The van der Waals surface area contributed by atoms with Crippen LogP contribution in [-0.4, -0.2) is 15.8 Å². The van der Waals surface area contributed by atoms with Crippen molar-refractivity contribution in [3.63, 3.8) is 0 Å². The molecule has 6 heteroatoms. The zero-order valence-electron chi connectivity index (χ0n) is 10.6. The summed E-state index contributed by atoms with van der Waals surface area (Å²) in [6, 6.07) is 5.97. The van der Waals surface area contributed by atoms with Crippen molar-refractivity contribution >= 4 is 39.1 Å². The average molecular weight is 363 g/mol. The quantitative estimate of drug-likeness (QED) is 0.871. The molecule has 2 aromatic rings. The normalized spacial score (nSPS) is 11.3. The third kappa shape index (κ3) is 3.72. The predicted molar refractivity (Wildman–Crippen MR) is 83.3 cm³/mol. The van der Waals surface area contributed by atoms with Crippen molar-refractivity contribution in [3.05, 3.63) is 44.6 Å². The lowest BCUT2D eigenvalue weighted by molar-refractivity contribution is 0.578. The van der Waals surface area contributed by atoms with Gasteiger partial charge >= 0.3 is 0 Å². The lowest BCUT2D eigenvalue weighted by Gasteiger charge is -2.08. The first-order chi connectivity index (χ1) is 8.97. The maximum Gasteiger partial charge on any atom is 0.102 e. The smallest absolute Gasteiger partial charge is 0.102 e. The molecule has 0 atom stereocenters. The van der Waals surface area contributed by atoms with Crippen molar-refractivity contribution in [2.24, 2.45) is 0 Å². The molecule has 0 unspecified atom stereocenters. The molecular weight excluding hydrogens is 349 g/mol. The van der Waals surface area contributed by atoms with Crippen molar-refractivity contribution in [2.45, 2.75) is 26.4 Å². The summed E-state index contributed by atoms with van der Waals surface area (Å²) >= 11 is 15.8. The van der Waals surface area contributed by atoms with Crippen LogP contribution in [0.2, 0.25) is 10.0 Å². The number of aromatic nitrogens is 2. The van der Waals surface area contributed by atoms with Crippen molar-refractivity contribution in [2.75, 3.05) is 0 Å². The second kappa shape index (κ2) is 6.27. The van der Waals surface area contributed by atoms with E-state index in [-0.39, 0.29) is 0 Å². The third-order valence-corrected chi connectivity index (χ3v) is 3.58. The Morgan fingerprint density at radius 3 is 2.53 bits per heavy atom. The molecule has 0 amide bonds. The molecule has 102 valence electrons. The van der Waals surface area contributed by atoms with Crippen LogP contribution in [0.5, 0.6) is 0 Å². The van der Waals surface area contributed by atoms with E-state index in [2.05, 4.69) is 40.2 Å². The van der Waals surface area contributed by atoms with Gasteiger partial charge < -0.3 is 5.32 Å². The van der Waals surface area contributed by atoms with Crippen LogP contribution in [0.4, 0.5) is 0 Å². The van der Waals surface area contributed by atoms with Crippen molar-refractivity contribution in [1.29, 1.82) is 0 Å². The Morgan fingerprint density at radius 1 is 1.32 bits per heavy atom. The summed E-state index contributed by atoms with van der Waals surface area (Å²) in [6.07, 6.45) is 1.86. The molecule has 0 fully saturated rings. The van der Waals surface area contributed by atoms with E-state index in [0.29, 0.717) is 21.8 Å². The highest BCUT2D eigenvalue weighted by Crippen LogP contribution is 2.31. The predicted octanol–water partition coefficient (Wildman–Crippen LogP) is 4.44. The van der Waals surface area contributed by atoms with Gasteiger partial charge in [0.25, 0.3) is 0 Å². The molecule has 19 heavy (non-hydrogen) atoms. The number of hydrogen-bond acceptors (Lipinski definition) is 2. The third-order valence-electron chi connectivity index (χ3n) is 2.55. The maximum atomic E-state index is 6.22. The van der Waals surface area contributed by atoms with Gasteiger partial charge in [0.2, 0.25) is 0 Å². The number of nitrogens with one attached hydrogen (secondary N) is 1. The fourth-order valence-electron chi connectivity index (χ4n) is 1.64. The molecule has 2 rings (SSSR count). The molecular formula is C13H14BrCl2N3. The molecule has 3 nitrogen and oxygen atoms in total. The lowest BCUT2D eigenvalue weighted by atomic mass is 10.3. The van der Waals surface area contributed by atoms with Gasteiger partial charge in [0, 0.05) is 23.3 Å². The fraction of sp³-hybridized carbons (Fsp3) is 0.308. The van der Waals surface area contributed by atoms with E-state index in [1.807, 2.05) is 12.3 Å². The zero-order valence-corrected chi connectivity index (χ0v) is 13.7. The van der Waals surface area contributed by atoms with Gasteiger partial charge in [-0.1, -0.05) is 53.0 Å². The monoisotopic (exact) mass is 361 g/mol. The molecule has 0 radical (unpaired) electrons. The number of nitrogens with zero attached hydrogens (tertiary/aromatic N) is 2. The molecule has 0 spiro atoms. The van der Waals surface area contributed by atoms with Crippen LogP contribution < -0.4 is 5.32 Å². The second-order valence-electron chi connectivity index (χ2n) is 4.51. The lowest BCUT2D eigenvalue weighted by Crippen LogP contribution is -2.22. The van der Waals surface area contributed by atoms with E-state index in [0.717, 1.165) is 16.7 Å². The first-order valence-electron chi connectivity index (χ1n) is 5.90. The van der Waals surface area contributed by atoms with Crippen LogP contribution in [0.15, 0.2) is 28.9 Å². The molecule has 0 aliphatic carbocycles. The standard InChI is InChI=1S/C13H14BrCl2N3/c1-8(2)17-7-10-3-4-19(18-10)13-11(15)5-9(14)6-12(13)16/h3-6,8,17H,7H2,1-2H3. The SMILES string of the molecule is CC(C)NCc1ccn(-c2c(Cl)cc(Br)cc2Cl)n1. The highest BCUT2D eigenvalue weighted by Gasteiger charge is 2.11. The largest absolute Gasteiger partial charge is 0.309 e. The Labute approximate surface area is 131 Å². The summed E-state index contributed by atoms with van der Waals surface area (Å²) in [4.78, 5) is 0. The van der Waals surface area contributed by atoms with E-state index in [4.69, 9.17) is 23.2 Å². The maximum absolute atomic E-state index is 6.22.